The summed E-state index contributed by atoms with van der Waals surface area (Å²) in [6.07, 6.45) is 3.67. The number of nitrogens with one attached hydrogen (secondary N) is 2. The molecule has 1 unspecified atom stereocenters. The lowest BCUT2D eigenvalue weighted by Gasteiger charge is -2.32. The maximum Gasteiger partial charge on any atom is 0.410 e. The monoisotopic (exact) mass is 377 g/mol. The second-order valence-corrected chi connectivity index (χ2v) is 8.73. The van der Waals surface area contributed by atoms with Crippen LogP contribution in [0, 0.1) is 11.8 Å². The third-order valence-electron chi connectivity index (χ3n) is 5.23. The van der Waals surface area contributed by atoms with Gasteiger partial charge in [-0.15, -0.1) is 0 Å². The van der Waals surface area contributed by atoms with Gasteiger partial charge in [0, 0.05) is 24.9 Å². The number of amides is 2. The van der Waals surface area contributed by atoms with E-state index in [0.717, 1.165) is 31.5 Å². The molecule has 2 aliphatic rings. The molecule has 0 spiro atoms. The van der Waals surface area contributed by atoms with Crippen LogP contribution in [0.25, 0.3) is 0 Å². The molecule has 2 fully saturated rings. The van der Waals surface area contributed by atoms with Crippen LogP contribution in [0.15, 0.2) is 0 Å². The van der Waals surface area contributed by atoms with Crippen LogP contribution < -0.4 is 5.32 Å². The van der Waals surface area contributed by atoms with E-state index in [1.807, 2.05) is 27.7 Å². The van der Waals surface area contributed by atoms with Crippen LogP contribution in [0.4, 0.5) is 4.79 Å². The number of aromatic amines is 1. The maximum atomic E-state index is 12.1. The Morgan fingerprint density at radius 3 is 2.52 bits per heavy atom. The van der Waals surface area contributed by atoms with Crippen molar-refractivity contribution in [3.63, 3.8) is 0 Å². The van der Waals surface area contributed by atoms with Crippen LogP contribution in [0.1, 0.15) is 70.9 Å². The van der Waals surface area contributed by atoms with Crippen molar-refractivity contribution >= 4 is 12.0 Å². The predicted octanol–water partition coefficient (Wildman–Crippen LogP) is 2.58. The van der Waals surface area contributed by atoms with Crippen molar-refractivity contribution in [1.29, 1.82) is 0 Å². The standard InChI is InChI=1S/C19H31N5O3/c1-12(13-5-6-13)17(25)20-11-15-21-16(23-22-15)14-7-9-24(10-8-14)18(26)27-19(2,3)4/h12-14H,5-11H2,1-4H3,(H,20,25)(H,21,22,23). The lowest BCUT2D eigenvalue weighted by Crippen LogP contribution is -2.41. The number of ether oxygens (including phenoxy) is 1. The molecule has 2 amide bonds. The third-order valence-corrected chi connectivity index (χ3v) is 5.23. The highest BCUT2D eigenvalue weighted by Crippen LogP contribution is 2.36. The molecule has 1 aromatic heterocycles. The number of nitrogens with zero attached hydrogens (tertiary/aromatic N) is 3. The second-order valence-electron chi connectivity index (χ2n) is 8.73. The average molecular weight is 377 g/mol. The normalized spacial score (nSPS) is 19.6. The molecule has 1 aliphatic heterocycles. The van der Waals surface area contributed by atoms with Gasteiger partial charge in [0.2, 0.25) is 5.91 Å². The molecule has 150 valence electrons. The highest BCUT2D eigenvalue weighted by molar-refractivity contribution is 5.78. The summed E-state index contributed by atoms with van der Waals surface area (Å²) in [6.45, 7) is 9.25. The summed E-state index contributed by atoms with van der Waals surface area (Å²) >= 11 is 0. The number of carbonyl (C=O) groups is 2. The third kappa shape index (κ3) is 5.43. The highest BCUT2D eigenvalue weighted by Gasteiger charge is 2.32. The van der Waals surface area contributed by atoms with E-state index in [1.54, 1.807) is 4.90 Å². The lowest BCUT2D eigenvalue weighted by atomic mass is 9.96. The average Bonchev–Trinajstić information content (AvgIpc) is 3.35. The van der Waals surface area contributed by atoms with Gasteiger partial charge in [0.25, 0.3) is 0 Å². The van der Waals surface area contributed by atoms with Crippen molar-refractivity contribution < 1.29 is 14.3 Å². The van der Waals surface area contributed by atoms with E-state index in [0.29, 0.717) is 31.4 Å². The molecule has 1 atom stereocenters. The Bertz CT molecular complexity index is 669. The van der Waals surface area contributed by atoms with Crippen molar-refractivity contribution in [3.8, 4) is 0 Å². The first-order valence-corrected chi connectivity index (χ1v) is 9.90. The van der Waals surface area contributed by atoms with E-state index >= 15 is 0 Å². The van der Waals surface area contributed by atoms with E-state index in [2.05, 4.69) is 20.5 Å². The molecule has 1 saturated carbocycles. The molecular formula is C19H31N5O3. The molecule has 2 heterocycles. The van der Waals surface area contributed by atoms with Crippen LogP contribution in [0.5, 0.6) is 0 Å². The first kappa shape index (κ1) is 19.6. The highest BCUT2D eigenvalue weighted by atomic mass is 16.6. The van der Waals surface area contributed by atoms with Crippen LogP contribution in [0.3, 0.4) is 0 Å². The molecule has 1 saturated heterocycles. The van der Waals surface area contributed by atoms with E-state index in [1.165, 1.54) is 0 Å². The summed E-state index contributed by atoms with van der Waals surface area (Å²) < 4.78 is 5.43. The molecule has 1 aromatic rings. The van der Waals surface area contributed by atoms with Crippen molar-refractivity contribution in [3.05, 3.63) is 11.6 Å². The molecule has 27 heavy (non-hydrogen) atoms. The van der Waals surface area contributed by atoms with Crippen LogP contribution in [0.2, 0.25) is 0 Å². The van der Waals surface area contributed by atoms with Gasteiger partial charge in [-0.05, 0) is 52.4 Å². The first-order chi connectivity index (χ1) is 12.7. The molecule has 3 rings (SSSR count). The number of carbonyl (C=O) groups excluding carboxylic acids is 2. The predicted molar refractivity (Wildman–Crippen MR) is 99.9 cm³/mol. The van der Waals surface area contributed by atoms with Crippen molar-refractivity contribution in [2.75, 3.05) is 13.1 Å². The smallest absolute Gasteiger partial charge is 0.410 e. The van der Waals surface area contributed by atoms with Gasteiger partial charge >= 0.3 is 6.09 Å². The molecule has 1 aliphatic carbocycles. The van der Waals surface area contributed by atoms with E-state index in [9.17, 15) is 9.59 Å². The van der Waals surface area contributed by atoms with Crippen LogP contribution >= 0.6 is 0 Å². The Balaban J connectivity index is 1.45. The van der Waals surface area contributed by atoms with Gasteiger partial charge in [-0.3, -0.25) is 9.89 Å². The van der Waals surface area contributed by atoms with Gasteiger partial charge < -0.3 is 15.0 Å². The molecule has 2 N–H and O–H groups in total. The molecule has 0 aromatic carbocycles. The summed E-state index contributed by atoms with van der Waals surface area (Å²) in [5, 5.41) is 10.2. The quantitative estimate of drug-likeness (QED) is 0.821. The van der Waals surface area contributed by atoms with Gasteiger partial charge in [0.1, 0.15) is 11.4 Å². The van der Waals surface area contributed by atoms with Crippen molar-refractivity contribution in [2.24, 2.45) is 11.8 Å². The molecule has 0 bridgehead atoms. The van der Waals surface area contributed by atoms with E-state index < -0.39 is 5.60 Å². The van der Waals surface area contributed by atoms with Crippen LogP contribution in [-0.4, -0.2) is 50.8 Å². The topological polar surface area (TPSA) is 100 Å². The van der Waals surface area contributed by atoms with Gasteiger partial charge in [0.05, 0.1) is 6.54 Å². The minimum absolute atomic E-state index is 0.0737. The van der Waals surface area contributed by atoms with E-state index in [4.69, 9.17) is 4.74 Å². The van der Waals surface area contributed by atoms with Gasteiger partial charge in [0.15, 0.2) is 5.82 Å². The number of rotatable bonds is 5. The minimum atomic E-state index is -0.478. The van der Waals surface area contributed by atoms with Crippen molar-refractivity contribution in [1.82, 2.24) is 25.4 Å². The minimum Gasteiger partial charge on any atom is -0.444 e. The molecule has 8 nitrogen and oxygen atoms in total. The Hall–Kier alpha value is -2.12. The number of aromatic nitrogens is 3. The number of H-pyrrole nitrogens is 1. The van der Waals surface area contributed by atoms with Gasteiger partial charge in [-0.25, -0.2) is 9.78 Å². The summed E-state index contributed by atoms with van der Waals surface area (Å²) in [6, 6.07) is 0. The number of hydrogen-bond donors (Lipinski definition) is 2. The van der Waals surface area contributed by atoms with Crippen LogP contribution in [-0.2, 0) is 16.1 Å². The Labute approximate surface area is 160 Å². The number of piperidine rings is 1. The summed E-state index contributed by atoms with van der Waals surface area (Å²) in [5.74, 6) is 2.36. The van der Waals surface area contributed by atoms with Gasteiger partial charge in [-0.2, -0.15) is 5.10 Å². The Kier molecular flexibility index (Phi) is 5.72. The van der Waals surface area contributed by atoms with E-state index in [-0.39, 0.29) is 23.8 Å². The zero-order chi connectivity index (χ0) is 19.6. The molecular weight excluding hydrogens is 346 g/mol. The lowest BCUT2D eigenvalue weighted by molar-refractivity contribution is -0.125. The SMILES string of the molecule is CC(C(=O)NCc1nc(C2CCN(C(=O)OC(C)(C)C)CC2)n[nH]1)C1CC1. The number of likely N-dealkylation sites (tertiary alicyclic amines) is 1. The zero-order valence-corrected chi connectivity index (χ0v) is 16.7. The fourth-order valence-electron chi connectivity index (χ4n) is 3.36. The maximum absolute atomic E-state index is 12.1. The molecule has 8 heteroatoms. The summed E-state index contributed by atoms with van der Waals surface area (Å²) in [7, 11) is 0. The number of hydrogen-bond acceptors (Lipinski definition) is 5. The Morgan fingerprint density at radius 1 is 1.26 bits per heavy atom. The Morgan fingerprint density at radius 2 is 1.93 bits per heavy atom. The first-order valence-electron chi connectivity index (χ1n) is 9.90. The fourth-order valence-corrected chi connectivity index (χ4v) is 3.36. The summed E-state index contributed by atoms with van der Waals surface area (Å²) in [4.78, 5) is 30.5. The summed E-state index contributed by atoms with van der Waals surface area (Å²) in [5.41, 5.74) is -0.478. The second kappa shape index (κ2) is 7.86. The molecule has 0 radical (unpaired) electrons. The zero-order valence-electron chi connectivity index (χ0n) is 16.7. The fraction of sp³-hybridized carbons (Fsp3) is 0.789. The largest absolute Gasteiger partial charge is 0.444 e. The van der Waals surface area contributed by atoms with Crippen molar-refractivity contribution in [2.45, 2.75) is 71.4 Å². The van der Waals surface area contributed by atoms with Gasteiger partial charge in [-0.1, -0.05) is 6.92 Å².